The van der Waals surface area contributed by atoms with Gasteiger partial charge >= 0.3 is 5.97 Å². The molecule has 3 aromatic rings. The summed E-state index contributed by atoms with van der Waals surface area (Å²) in [5, 5.41) is 23.9. The van der Waals surface area contributed by atoms with Crippen molar-refractivity contribution in [2.75, 3.05) is 18.0 Å². The molecule has 42 heavy (non-hydrogen) atoms. The van der Waals surface area contributed by atoms with E-state index < -0.39 is 17.4 Å². The van der Waals surface area contributed by atoms with Gasteiger partial charge < -0.3 is 15.3 Å². The van der Waals surface area contributed by atoms with Crippen LogP contribution >= 0.6 is 23.2 Å². The summed E-state index contributed by atoms with van der Waals surface area (Å²) < 4.78 is 0. The van der Waals surface area contributed by atoms with Crippen molar-refractivity contribution in [2.45, 2.75) is 38.6 Å². The van der Waals surface area contributed by atoms with Gasteiger partial charge in [-0.2, -0.15) is 0 Å². The molecule has 218 valence electrons. The summed E-state index contributed by atoms with van der Waals surface area (Å²) in [6.45, 7) is -0.310. The molecule has 1 aliphatic carbocycles. The Hall–Kier alpha value is -4.21. The minimum atomic E-state index is -0.999. The molecule has 0 spiro atoms. The van der Waals surface area contributed by atoms with E-state index in [0.717, 1.165) is 30.4 Å². The first-order chi connectivity index (χ1) is 20.2. The first-order valence-corrected chi connectivity index (χ1v) is 14.2. The molecule has 4 rings (SSSR count). The van der Waals surface area contributed by atoms with Crippen molar-refractivity contribution in [1.29, 1.82) is 0 Å². The number of allylic oxidation sites excluding steroid dienone is 2. The summed E-state index contributed by atoms with van der Waals surface area (Å²) in [4.78, 5) is 40.8. The van der Waals surface area contributed by atoms with E-state index >= 15 is 0 Å². The second-order valence-electron chi connectivity index (χ2n) is 9.85. The maximum absolute atomic E-state index is 12.4. The Labute approximate surface area is 253 Å². The number of aliphatic carboxylic acids is 1. The molecule has 0 bridgehead atoms. The summed E-state index contributed by atoms with van der Waals surface area (Å²) in [7, 11) is 0. The number of rotatable bonds is 11. The van der Waals surface area contributed by atoms with E-state index in [2.05, 4.69) is 16.4 Å². The maximum Gasteiger partial charge on any atom is 0.305 e. The SMILES string of the molecule is O=C(O)CCNC(=O)c1ccc(CN(C(C[N+](=O)[O-])=Nc2cc(Cl)cc(Cl)c2)c2ccc(C3=CCCCC3)cc2)cc1. The highest BCUT2D eigenvalue weighted by molar-refractivity contribution is 6.35. The van der Waals surface area contributed by atoms with Crippen LogP contribution < -0.4 is 10.2 Å². The molecule has 0 aromatic heterocycles. The Morgan fingerprint density at radius 1 is 1.00 bits per heavy atom. The molecule has 0 atom stereocenters. The number of carboxylic acids is 1. The Kier molecular flexibility index (Phi) is 10.7. The number of nitro groups is 1. The molecule has 0 saturated heterocycles. The van der Waals surface area contributed by atoms with Gasteiger partial charge in [-0.05, 0) is 84.8 Å². The van der Waals surface area contributed by atoms with E-state index in [1.165, 1.54) is 12.0 Å². The van der Waals surface area contributed by atoms with Gasteiger partial charge in [-0.3, -0.25) is 19.7 Å². The Balaban J connectivity index is 1.67. The van der Waals surface area contributed by atoms with E-state index in [1.54, 1.807) is 47.4 Å². The number of carbonyl (C=O) groups is 2. The lowest BCUT2D eigenvalue weighted by Crippen LogP contribution is -2.35. The lowest BCUT2D eigenvalue weighted by molar-refractivity contribution is -0.463. The van der Waals surface area contributed by atoms with Crippen LogP contribution in [0.25, 0.3) is 5.57 Å². The van der Waals surface area contributed by atoms with E-state index in [9.17, 15) is 19.7 Å². The lowest BCUT2D eigenvalue weighted by atomic mass is 9.93. The zero-order chi connectivity index (χ0) is 30.1. The van der Waals surface area contributed by atoms with Crippen LogP contribution in [0.3, 0.4) is 0 Å². The van der Waals surface area contributed by atoms with Crippen LogP contribution in [-0.2, 0) is 11.3 Å². The van der Waals surface area contributed by atoms with Crippen LogP contribution in [-0.4, -0.2) is 40.8 Å². The molecule has 9 nitrogen and oxygen atoms in total. The molecule has 0 heterocycles. The Morgan fingerprint density at radius 3 is 2.29 bits per heavy atom. The van der Waals surface area contributed by atoms with Gasteiger partial charge in [0, 0.05) is 39.3 Å². The molecule has 2 N–H and O–H groups in total. The normalized spacial score (nSPS) is 13.3. The second-order valence-corrected chi connectivity index (χ2v) is 10.7. The zero-order valence-electron chi connectivity index (χ0n) is 22.8. The van der Waals surface area contributed by atoms with Gasteiger partial charge in [-0.1, -0.05) is 53.5 Å². The maximum atomic E-state index is 12.4. The zero-order valence-corrected chi connectivity index (χ0v) is 24.3. The summed E-state index contributed by atoms with van der Waals surface area (Å²) in [5.74, 6) is -1.21. The molecule has 0 fully saturated rings. The van der Waals surface area contributed by atoms with Gasteiger partial charge in [-0.25, -0.2) is 4.99 Å². The summed E-state index contributed by atoms with van der Waals surface area (Å²) >= 11 is 12.4. The molecule has 0 aliphatic heterocycles. The van der Waals surface area contributed by atoms with Crippen molar-refractivity contribution in [2.24, 2.45) is 4.99 Å². The van der Waals surface area contributed by atoms with Crippen molar-refractivity contribution in [3.05, 3.63) is 110 Å². The van der Waals surface area contributed by atoms with Gasteiger partial charge in [0.2, 0.25) is 0 Å². The van der Waals surface area contributed by atoms with Crippen LogP contribution in [0.15, 0.2) is 77.8 Å². The Morgan fingerprint density at radius 2 is 1.69 bits per heavy atom. The Bertz CT molecular complexity index is 1480. The molecule has 3 aromatic carbocycles. The quantitative estimate of drug-likeness (QED) is 0.103. The van der Waals surface area contributed by atoms with Crippen molar-refractivity contribution < 1.29 is 19.6 Å². The molecular weight excluding hydrogens is 579 g/mol. The molecule has 0 radical (unpaired) electrons. The number of nitrogens with one attached hydrogen (secondary N) is 1. The van der Waals surface area contributed by atoms with Gasteiger partial charge in [0.25, 0.3) is 12.5 Å². The fraction of sp³-hybridized carbons (Fsp3) is 0.258. The average Bonchev–Trinajstić information content (AvgIpc) is 2.95. The second kappa shape index (κ2) is 14.6. The molecule has 1 amide bonds. The minimum absolute atomic E-state index is 0.0187. The number of amidine groups is 1. The molecule has 1 aliphatic rings. The fourth-order valence-electron chi connectivity index (χ4n) is 4.67. The number of hydrogen-bond acceptors (Lipinski definition) is 5. The number of anilines is 1. The molecule has 0 unspecified atom stereocenters. The monoisotopic (exact) mass is 608 g/mol. The van der Waals surface area contributed by atoms with Crippen LogP contribution in [0.5, 0.6) is 0 Å². The van der Waals surface area contributed by atoms with Crippen LogP contribution in [0, 0.1) is 10.1 Å². The van der Waals surface area contributed by atoms with Crippen LogP contribution in [0.2, 0.25) is 10.0 Å². The number of carbonyl (C=O) groups excluding carboxylic acids is 1. The van der Waals surface area contributed by atoms with Crippen molar-refractivity contribution in [3.8, 4) is 0 Å². The van der Waals surface area contributed by atoms with E-state index in [4.69, 9.17) is 28.3 Å². The third-order valence-corrected chi connectivity index (χ3v) is 7.15. The molecular formula is C31H30Cl2N4O5. The highest BCUT2D eigenvalue weighted by Gasteiger charge is 2.21. The first kappa shape index (κ1) is 30.7. The number of benzene rings is 3. The van der Waals surface area contributed by atoms with Gasteiger partial charge in [0.15, 0.2) is 5.84 Å². The number of halogens is 2. The van der Waals surface area contributed by atoms with Crippen LogP contribution in [0.4, 0.5) is 11.4 Å². The highest BCUT2D eigenvalue weighted by Crippen LogP contribution is 2.30. The first-order valence-electron chi connectivity index (χ1n) is 13.5. The van der Waals surface area contributed by atoms with Crippen LogP contribution in [0.1, 0.15) is 53.6 Å². The topological polar surface area (TPSA) is 125 Å². The number of hydrogen-bond donors (Lipinski definition) is 2. The predicted molar refractivity (Wildman–Crippen MR) is 166 cm³/mol. The van der Waals surface area contributed by atoms with Gasteiger partial charge in [-0.15, -0.1) is 0 Å². The molecule has 0 saturated carbocycles. The number of nitrogens with zero attached hydrogens (tertiary/aromatic N) is 3. The highest BCUT2D eigenvalue weighted by atomic mass is 35.5. The van der Waals surface area contributed by atoms with E-state index in [0.29, 0.717) is 27.0 Å². The number of aliphatic imine (C=N–C) groups is 1. The number of carboxylic acid groups (broad SMARTS) is 1. The van der Waals surface area contributed by atoms with Gasteiger partial charge in [0.05, 0.1) is 12.1 Å². The summed E-state index contributed by atoms with van der Waals surface area (Å²) in [5.41, 5.74) is 4.64. The lowest BCUT2D eigenvalue weighted by Gasteiger charge is -2.25. The third kappa shape index (κ3) is 8.89. The van der Waals surface area contributed by atoms with Gasteiger partial charge in [0.1, 0.15) is 0 Å². The fourth-order valence-corrected chi connectivity index (χ4v) is 5.18. The minimum Gasteiger partial charge on any atom is -0.481 e. The smallest absolute Gasteiger partial charge is 0.305 e. The standard InChI is InChI=1S/C31H30Cl2N4O5/c32-25-16-26(33)18-27(17-25)35-29(20-37(41)42)36(28-12-10-23(11-13-28)22-4-2-1-3-5-22)19-21-6-8-24(9-7-21)31(40)34-15-14-30(38)39/h4,6-13,16-18H,1-3,5,14-15,19-20H2,(H,34,40)(H,38,39). The van der Waals surface area contributed by atoms with Crippen molar-refractivity contribution in [3.63, 3.8) is 0 Å². The summed E-state index contributed by atoms with van der Waals surface area (Å²) in [6, 6.07) is 19.4. The number of amides is 1. The van der Waals surface area contributed by atoms with Crippen molar-refractivity contribution >= 4 is 57.9 Å². The van der Waals surface area contributed by atoms with Crippen molar-refractivity contribution in [1.82, 2.24) is 5.32 Å². The molecule has 11 heteroatoms. The average molecular weight is 610 g/mol. The van der Waals surface area contributed by atoms with E-state index in [1.807, 2.05) is 24.3 Å². The van der Waals surface area contributed by atoms with E-state index in [-0.39, 0.29) is 31.3 Å². The third-order valence-electron chi connectivity index (χ3n) is 6.71. The summed E-state index contributed by atoms with van der Waals surface area (Å²) in [6.07, 6.45) is 6.49. The largest absolute Gasteiger partial charge is 0.481 e. The predicted octanol–water partition coefficient (Wildman–Crippen LogP) is 7.17.